The highest BCUT2D eigenvalue weighted by Gasteiger charge is 2.19. The summed E-state index contributed by atoms with van der Waals surface area (Å²) < 4.78 is 2.63. The fourth-order valence-electron chi connectivity index (χ4n) is 1.89. The molecule has 0 aliphatic carbocycles. The number of hydrogen-bond donors (Lipinski definition) is 2. The van der Waals surface area contributed by atoms with Crippen LogP contribution in [-0.4, -0.2) is 15.7 Å². The van der Waals surface area contributed by atoms with Gasteiger partial charge in [0.15, 0.2) is 0 Å². The highest BCUT2D eigenvalue weighted by molar-refractivity contribution is 9.10. The van der Waals surface area contributed by atoms with E-state index in [2.05, 4.69) is 26.3 Å². The van der Waals surface area contributed by atoms with E-state index in [4.69, 9.17) is 5.73 Å². The van der Waals surface area contributed by atoms with Gasteiger partial charge in [-0.1, -0.05) is 28.1 Å². The van der Waals surface area contributed by atoms with Gasteiger partial charge in [0.2, 0.25) is 5.91 Å². The Morgan fingerprint density at radius 2 is 2.00 bits per heavy atom. The van der Waals surface area contributed by atoms with Crippen LogP contribution < -0.4 is 11.1 Å². The van der Waals surface area contributed by atoms with Gasteiger partial charge in [-0.05, 0) is 24.6 Å². The molecule has 2 rings (SSSR count). The van der Waals surface area contributed by atoms with Crippen molar-refractivity contribution in [2.45, 2.75) is 19.0 Å². The van der Waals surface area contributed by atoms with Crippen LogP contribution in [-0.2, 0) is 11.8 Å². The first-order chi connectivity index (χ1) is 9.47. The molecule has 1 aromatic heterocycles. The monoisotopic (exact) mass is 336 g/mol. The first-order valence-electron chi connectivity index (χ1n) is 6.27. The highest BCUT2D eigenvalue weighted by Crippen LogP contribution is 2.17. The van der Waals surface area contributed by atoms with E-state index in [9.17, 15) is 4.79 Å². The third-order valence-electron chi connectivity index (χ3n) is 3.10. The standard InChI is InChI=1S/C14H17BrN4O/c1-9(10-3-5-12(15)6-4-10)18-14(20)13(16)11-7-17-19(2)8-11/h3-9,13H,16H2,1-2H3,(H,18,20)/t9-,13?/m1/s1. The molecule has 20 heavy (non-hydrogen) atoms. The fraction of sp³-hybridized carbons (Fsp3) is 0.286. The van der Waals surface area contributed by atoms with Gasteiger partial charge in [-0.2, -0.15) is 5.10 Å². The quantitative estimate of drug-likeness (QED) is 0.897. The van der Waals surface area contributed by atoms with Crippen molar-refractivity contribution >= 4 is 21.8 Å². The number of benzene rings is 1. The average Bonchev–Trinajstić information content (AvgIpc) is 2.85. The zero-order chi connectivity index (χ0) is 14.7. The molecular weight excluding hydrogens is 320 g/mol. The number of amides is 1. The topological polar surface area (TPSA) is 72.9 Å². The maximum Gasteiger partial charge on any atom is 0.242 e. The number of nitrogens with one attached hydrogen (secondary N) is 1. The van der Waals surface area contributed by atoms with Crippen molar-refractivity contribution in [2.75, 3.05) is 0 Å². The van der Waals surface area contributed by atoms with Crippen LogP contribution in [0.25, 0.3) is 0 Å². The van der Waals surface area contributed by atoms with Gasteiger partial charge in [-0.15, -0.1) is 0 Å². The molecule has 0 fully saturated rings. The minimum Gasteiger partial charge on any atom is -0.348 e. The van der Waals surface area contributed by atoms with Gasteiger partial charge < -0.3 is 11.1 Å². The summed E-state index contributed by atoms with van der Waals surface area (Å²) in [5, 5.41) is 6.93. The second-order valence-corrected chi connectivity index (χ2v) is 5.62. The number of nitrogens with two attached hydrogens (primary N) is 1. The van der Waals surface area contributed by atoms with Gasteiger partial charge in [-0.3, -0.25) is 9.48 Å². The Bertz CT molecular complexity index is 593. The van der Waals surface area contributed by atoms with E-state index in [1.54, 1.807) is 24.1 Å². The van der Waals surface area contributed by atoms with Crippen LogP contribution >= 0.6 is 15.9 Å². The van der Waals surface area contributed by atoms with Crippen molar-refractivity contribution in [3.05, 3.63) is 52.3 Å². The van der Waals surface area contributed by atoms with Crippen molar-refractivity contribution < 1.29 is 4.79 Å². The molecule has 0 radical (unpaired) electrons. The van der Waals surface area contributed by atoms with E-state index < -0.39 is 6.04 Å². The van der Waals surface area contributed by atoms with E-state index in [1.807, 2.05) is 31.2 Å². The number of hydrogen-bond acceptors (Lipinski definition) is 3. The molecule has 3 N–H and O–H groups in total. The summed E-state index contributed by atoms with van der Waals surface area (Å²) >= 11 is 3.38. The third kappa shape index (κ3) is 3.46. The largest absolute Gasteiger partial charge is 0.348 e. The first-order valence-corrected chi connectivity index (χ1v) is 7.06. The number of nitrogens with zero attached hydrogens (tertiary/aromatic N) is 2. The molecule has 2 aromatic rings. The van der Waals surface area contributed by atoms with Crippen LogP contribution in [0.2, 0.25) is 0 Å². The third-order valence-corrected chi connectivity index (χ3v) is 3.62. The van der Waals surface area contributed by atoms with Crippen LogP contribution in [0.1, 0.15) is 30.1 Å². The summed E-state index contributed by atoms with van der Waals surface area (Å²) in [6.45, 7) is 1.93. The lowest BCUT2D eigenvalue weighted by Gasteiger charge is -2.17. The van der Waals surface area contributed by atoms with Gasteiger partial charge in [0.05, 0.1) is 12.2 Å². The lowest BCUT2D eigenvalue weighted by atomic mass is 10.1. The molecule has 5 nitrogen and oxygen atoms in total. The molecule has 1 heterocycles. The molecular formula is C14H17BrN4O. The smallest absolute Gasteiger partial charge is 0.242 e. The number of carbonyl (C=O) groups is 1. The zero-order valence-electron chi connectivity index (χ0n) is 11.4. The van der Waals surface area contributed by atoms with Gasteiger partial charge >= 0.3 is 0 Å². The molecule has 1 amide bonds. The molecule has 6 heteroatoms. The number of halogens is 1. The molecule has 0 saturated heterocycles. The van der Waals surface area contributed by atoms with E-state index in [0.717, 1.165) is 10.0 Å². The Labute approximate surface area is 126 Å². The van der Waals surface area contributed by atoms with Crippen molar-refractivity contribution in [1.82, 2.24) is 15.1 Å². The van der Waals surface area contributed by atoms with Gasteiger partial charge in [0.1, 0.15) is 6.04 Å². The predicted octanol–water partition coefficient (Wildman–Crippen LogP) is 2.06. The van der Waals surface area contributed by atoms with Crippen LogP contribution in [0.3, 0.4) is 0 Å². The highest BCUT2D eigenvalue weighted by atomic mass is 79.9. The maximum atomic E-state index is 12.1. The summed E-state index contributed by atoms with van der Waals surface area (Å²) in [7, 11) is 1.79. The van der Waals surface area contributed by atoms with Crippen LogP contribution in [0.15, 0.2) is 41.1 Å². The van der Waals surface area contributed by atoms with Gasteiger partial charge in [0, 0.05) is 23.3 Å². The molecule has 0 saturated carbocycles. The van der Waals surface area contributed by atoms with Crippen molar-refractivity contribution in [3.8, 4) is 0 Å². The normalized spacial score (nSPS) is 13.8. The summed E-state index contributed by atoms with van der Waals surface area (Å²) in [5.41, 5.74) is 7.66. The minimum absolute atomic E-state index is 0.0988. The summed E-state index contributed by atoms with van der Waals surface area (Å²) in [6, 6.07) is 7.01. The van der Waals surface area contributed by atoms with E-state index in [1.165, 1.54) is 0 Å². The fourth-order valence-corrected chi connectivity index (χ4v) is 2.15. The van der Waals surface area contributed by atoms with Crippen molar-refractivity contribution in [2.24, 2.45) is 12.8 Å². The van der Waals surface area contributed by atoms with Gasteiger partial charge in [-0.25, -0.2) is 0 Å². The number of aromatic nitrogens is 2. The molecule has 0 bridgehead atoms. The Balaban J connectivity index is 2.02. The van der Waals surface area contributed by atoms with Crippen LogP contribution in [0.5, 0.6) is 0 Å². The minimum atomic E-state index is -0.707. The molecule has 2 atom stereocenters. The average molecular weight is 337 g/mol. The van der Waals surface area contributed by atoms with Crippen LogP contribution in [0.4, 0.5) is 0 Å². The SMILES string of the molecule is C[C@@H](NC(=O)C(N)c1cnn(C)c1)c1ccc(Br)cc1. The maximum absolute atomic E-state index is 12.1. The number of rotatable bonds is 4. The summed E-state index contributed by atoms with van der Waals surface area (Å²) in [5.74, 6) is -0.214. The Hall–Kier alpha value is -1.66. The Morgan fingerprint density at radius 1 is 1.35 bits per heavy atom. The first kappa shape index (κ1) is 14.7. The second-order valence-electron chi connectivity index (χ2n) is 4.71. The number of carbonyl (C=O) groups excluding carboxylic acids is 1. The lowest BCUT2D eigenvalue weighted by Crippen LogP contribution is -2.35. The van der Waals surface area contributed by atoms with E-state index >= 15 is 0 Å². The molecule has 1 aromatic carbocycles. The zero-order valence-corrected chi connectivity index (χ0v) is 13.0. The summed E-state index contributed by atoms with van der Waals surface area (Å²) in [4.78, 5) is 12.1. The molecule has 0 aliphatic rings. The Morgan fingerprint density at radius 3 is 2.55 bits per heavy atom. The van der Waals surface area contributed by atoms with Gasteiger partial charge in [0.25, 0.3) is 0 Å². The molecule has 106 valence electrons. The van der Waals surface area contributed by atoms with Crippen LogP contribution in [0, 0.1) is 0 Å². The molecule has 1 unspecified atom stereocenters. The number of aryl methyl sites for hydroxylation is 1. The molecule has 0 spiro atoms. The summed E-state index contributed by atoms with van der Waals surface area (Å²) in [6.07, 6.45) is 3.35. The second kappa shape index (κ2) is 6.19. The van der Waals surface area contributed by atoms with E-state index in [-0.39, 0.29) is 11.9 Å². The lowest BCUT2D eigenvalue weighted by molar-refractivity contribution is -0.123. The van der Waals surface area contributed by atoms with Crippen molar-refractivity contribution in [3.63, 3.8) is 0 Å². The molecule has 0 aliphatic heterocycles. The predicted molar refractivity (Wildman–Crippen MR) is 80.8 cm³/mol. The van der Waals surface area contributed by atoms with E-state index in [0.29, 0.717) is 5.56 Å². The van der Waals surface area contributed by atoms with Crippen molar-refractivity contribution in [1.29, 1.82) is 0 Å². The Kier molecular flexibility index (Phi) is 4.57.